The van der Waals surface area contributed by atoms with E-state index in [4.69, 9.17) is 4.74 Å². The molecular weight excluding hydrogens is 474 g/mol. The summed E-state index contributed by atoms with van der Waals surface area (Å²) < 4.78 is 5.36. The van der Waals surface area contributed by atoms with Crippen molar-refractivity contribution in [3.8, 4) is 0 Å². The van der Waals surface area contributed by atoms with E-state index in [0.717, 1.165) is 56.1 Å². The highest BCUT2D eigenvalue weighted by Gasteiger charge is 2.35. The molecule has 2 atom stereocenters. The van der Waals surface area contributed by atoms with Crippen LogP contribution >= 0.6 is 12.6 Å². The summed E-state index contributed by atoms with van der Waals surface area (Å²) in [5, 5.41) is 5.70. The first-order valence-electron chi connectivity index (χ1n) is 13.3. The zero-order valence-corrected chi connectivity index (χ0v) is 24.0. The first kappa shape index (κ1) is 31.8. The van der Waals surface area contributed by atoms with Gasteiger partial charge in [-0.1, -0.05) is 75.8 Å². The van der Waals surface area contributed by atoms with E-state index in [2.05, 4.69) is 37.1 Å². The molecule has 0 radical (unpaired) electrons. The van der Waals surface area contributed by atoms with Gasteiger partial charge in [0, 0.05) is 18.8 Å². The third-order valence-corrected chi connectivity index (χ3v) is 6.07. The van der Waals surface area contributed by atoms with Gasteiger partial charge in [0.05, 0.1) is 0 Å². The molecule has 0 spiro atoms. The molecule has 1 aromatic carbocycles. The summed E-state index contributed by atoms with van der Waals surface area (Å²) in [6, 6.07) is 5.97. The number of aryl methyl sites for hydroxylation is 1. The lowest BCUT2D eigenvalue weighted by atomic mass is 10.00. The van der Waals surface area contributed by atoms with Crippen LogP contribution in [0, 0.1) is 6.92 Å². The average molecular weight is 522 g/mol. The predicted octanol–water partition coefficient (Wildman–Crippen LogP) is 5.57. The summed E-state index contributed by atoms with van der Waals surface area (Å²) in [4.78, 5) is 41.5. The van der Waals surface area contributed by atoms with Gasteiger partial charge in [0.1, 0.15) is 17.7 Å². The second-order valence-corrected chi connectivity index (χ2v) is 10.7. The summed E-state index contributed by atoms with van der Waals surface area (Å²) in [5.74, 6) is -0.472. The third kappa shape index (κ3) is 11.7. The number of nitrogens with one attached hydrogen (secondary N) is 2. The SMILES string of the molecule is CCCCCCN(C(=O)C(CS)NC(=O)OC(C)(C)C)C(C(=O)NCCCCC)c1cccc(C)c1. The van der Waals surface area contributed by atoms with Gasteiger partial charge in [-0.3, -0.25) is 9.59 Å². The number of rotatable bonds is 15. The molecule has 7 nitrogen and oxygen atoms in total. The Morgan fingerprint density at radius 2 is 1.69 bits per heavy atom. The van der Waals surface area contributed by atoms with Crippen LogP contribution in [-0.4, -0.2) is 53.3 Å². The highest BCUT2D eigenvalue weighted by molar-refractivity contribution is 7.80. The summed E-state index contributed by atoms with van der Waals surface area (Å²) in [6.45, 7) is 12.5. The maximum absolute atomic E-state index is 13.8. The third-order valence-electron chi connectivity index (χ3n) is 5.70. The van der Waals surface area contributed by atoms with Gasteiger partial charge in [0.2, 0.25) is 11.8 Å². The molecule has 0 aliphatic carbocycles. The van der Waals surface area contributed by atoms with Crippen LogP contribution in [0.25, 0.3) is 0 Å². The van der Waals surface area contributed by atoms with Crippen LogP contribution in [0.1, 0.15) is 96.7 Å². The number of ether oxygens (including phenoxy) is 1. The number of benzene rings is 1. The standard InChI is InChI=1S/C28H47N3O4S/c1-7-9-11-13-18-31(26(33)23(20-36)30-27(34)35-28(4,5)6)24(22-16-14-15-21(3)19-22)25(32)29-17-12-10-8-2/h14-16,19,23-24,36H,7-13,17-18,20H2,1-6H3,(H,29,32)(H,30,34). The highest BCUT2D eigenvalue weighted by atomic mass is 32.1. The van der Waals surface area contributed by atoms with Crippen molar-refractivity contribution in [1.82, 2.24) is 15.5 Å². The Hall–Kier alpha value is -2.22. The van der Waals surface area contributed by atoms with Gasteiger partial charge in [-0.05, 0) is 46.1 Å². The number of alkyl carbamates (subject to hydrolysis) is 1. The molecule has 0 saturated heterocycles. The number of nitrogens with zero attached hydrogens (tertiary/aromatic N) is 1. The normalized spacial score (nSPS) is 13.0. The fourth-order valence-electron chi connectivity index (χ4n) is 3.91. The van der Waals surface area contributed by atoms with E-state index in [1.165, 1.54) is 0 Å². The molecule has 36 heavy (non-hydrogen) atoms. The molecule has 8 heteroatoms. The molecular formula is C28H47N3O4S. The van der Waals surface area contributed by atoms with E-state index < -0.39 is 23.8 Å². The summed E-state index contributed by atoms with van der Waals surface area (Å²) in [5.41, 5.74) is 1.06. The van der Waals surface area contributed by atoms with E-state index in [1.807, 2.05) is 31.2 Å². The molecule has 3 amide bonds. The van der Waals surface area contributed by atoms with Crippen molar-refractivity contribution in [3.05, 3.63) is 35.4 Å². The topological polar surface area (TPSA) is 87.7 Å². The molecule has 0 fully saturated rings. The van der Waals surface area contributed by atoms with Crippen LogP contribution < -0.4 is 10.6 Å². The summed E-state index contributed by atoms with van der Waals surface area (Å²) >= 11 is 4.35. The van der Waals surface area contributed by atoms with Gasteiger partial charge in [-0.25, -0.2) is 4.79 Å². The molecule has 2 unspecified atom stereocenters. The maximum atomic E-state index is 13.8. The number of carbonyl (C=O) groups is 3. The molecule has 1 aromatic rings. The average Bonchev–Trinajstić information content (AvgIpc) is 2.80. The van der Waals surface area contributed by atoms with Gasteiger partial charge in [-0.2, -0.15) is 12.6 Å². The molecule has 2 N–H and O–H groups in total. The molecule has 0 saturated carbocycles. The van der Waals surface area contributed by atoms with Crippen molar-refractivity contribution in [2.24, 2.45) is 0 Å². The zero-order valence-electron chi connectivity index (χ0n) is 23.1. The fourth-order valence-corrected chi connectivity index (χ4v) is 4.15. The Morgan fingerprint density at radius 1 is 1.03 bits per heavy atom. The van der Waals surface area contributed by atoms with E-state index in [1.54, 1.807) is 25.7 Å². The van der Waals surface area contributed by atoms with E-state index >= 15 is 0 Å². The number of unbranched alkanes of at least 4 members (excludes halogenated alkanes) is 5. The van der Waals surface area contributed by atoms with Crippen LogP contribution in [0.4, 0.5) is 4.79 Å². The second kappa shape index (κ2) is 16.5. The van der Waals surface area contributed by atoms with Crippen molar-refractivity contribution < 1.29 is 19.1 Å². The Bertz CT molecular complexity index is 825. The molecule has 0 aliphatic rings. The lowest BCUT2D eigenvalue weighted by Gasteiger charge is -2.34. The minimum Gasteiger partial charge on any atom is -0.444 e. The van der Waals surface area contributed by atoms with Crippen molar-refractivity contribution in [2.45, 2.75) is 104 Å². The molecule has 1 rings (SSSR count). The molecule has 0 aliphatic heterocycles. The van der Waals surface area contributed by atoms with Gasteiger partial charge in [0.15, 0.2) is 0 Å². The first-order valence-corrected chi connectivity index (χ1v) is 13.9. The van der Waals surface area contributed by atoms with Crippen LogP contribution in [0.2, 0.25) is 0 Å². The van der Waals surface area contributed by atoms with Crippen LogP contribution in [0.15, 0.2) is 24.3 Å². The van der Waals surface area contributed by atoms with Gasteiger partial charge < -0.3 is 20.3 Å². The van der Waals surface area contributed by atoms with Gasteiger partial charge in [0.25, 0.3) is 0 Å². The zero-order chi connectivity index (χ0) is 27.1. The summed E-state index contributed by atoms with van der Waals surface area (Å²) in [6.07, 6.45) is 6.10. The quantitative estimate of drug-likeness (QED) is 0.208. The monoisotopic (exact) mass is 521 g/mol. The molecule has 204 valence electrons. The molecule has 0 heterocycles. The van der Waals surface area contributed by atoms with E-state index in [0.29, 0.717) is 13.1 Å². The Morgan fingerprint density at radius 3 is 2.28 bits per heavy atom. The van der Waals surface area contributed by atoms with Crippen molar-refractivity contribution >= 4 is 30.5 Å². The number of carbonyl (C=O) groups excluding carboxylic acids is 3. The highest BCUT2D eigenvalue weighted by Crippen LogP contribution is 2.25. The molecule has 0 aromatic heterocycles. The van der Waals surface area contributed by atoms with Crippen molar-refractivity contribution in [1.29, 1.82) is 0 Å². The second-order valence-electron chi connectivity index (χ2n) is 10.3. The smallest absolute Gasteiger partial charge is 0.408 e. The van der Waals surface area contributed by atoms with E-state index in [-0.39, 0.29) is 17.6 Å². The van der Waals surface area contributed by atoms with Crippen LogP contribution in [0.5, 0.6) is 0 Å². The van der Waals surface area contributed by atoms with Crippen LogP contribution in [-0.2, 0) is 14.3 Å². The largest absolute Gasteiger partial charge is 0.444 e. The number of hydrogen-bond acceptors (Lipinski definition) is 5. The van der Waals surface area contributed by atoms with Gasteiger partial charge in [-0.15, -0.1) is 0 Å². The lowest BCUT2D eigenvalue weighted by molar-refractivity contribution is -0.142. The Kier molecular flexibility index (Phi) is 14.6. The first-order chi connectivity index (χ1) is 17.0. The Balaban J connectivity index is 3.31. The van der Waals surface area contributed by atoms with Gasteiger partial charge >= 0.3 is 6.09 Å². The summed E-state index contributed by atoms with van der Waals surface area (Å²) in [7, 11) is 0. The van der Waals surface area contributed by atoms with E-state index in [9.17, 15) is 14.4 Å². The lowest BCUT2D eigenvalue weighted by Crippen LogP contribution is -2.54. The number of thiol groups is 1. The minimum absolute atomic E-state index is 0.0855. The number of amides is 3. The Labute approximate surface area is 223 Å². The van der Waals surface area contributed by atoms with Crippen molar-refractivity contribution in [3.63, 3.8) is 0 Å². The van der Waals surface area contributed by atoms with Crippen LogP contribution in [0.3, 0.4) is 0 Å². The maximum Gasteiger partial charge on any atom is 0.408 e. The fraction of sp³-hybridized carbons (Fsp3) is 0.679. The minimum atomic E-state index is -0.922. The van der Waals surface area contributed by atoms with Crippen molar-refractivity contribution in [2.75, 3.05) is 18.8 Å². The predicted molar refractivity (Wildman–Crippen MR) is 149 cm³/mol. The number of hydrogen-bond donors (Lipinski definition) is 3. The molecule has 0 bridgehead atoms.